The van der Waals surface area contributed by atoms with Gasteiger partial charge in [-0.25, -0.2) is 5.48 Å². The third kappa shape index (κ3) is 3.42. The van der Waals surface area contributed by atoms with Gasteiger partial charge >= 0.3 is 0 Å². The molecule has 3 nitrogen and oxygen atoms in total. The van der Waals surface area contributed by atoms with Crippen LogP contribution >= 0.6 is 0 Å². The Balaban J connectivity index is 2.98. The molecule has 0 fully saturated rings. The summed E-state index contributed by atoms with van der Waals surface area (Å²) in [6.07, 6.45) is 0.376. The average Bonchev–Trinajstić information content (AvgIpc) is 1.68. The van der Waals surface area contributed by atoms with Crippen LogP contribution in [0.15, 0.2) is 0 Å². The van der Waals surface area contributed by atoms with Crippen molar-refractivity contribution in [2.24, 2.45) is 0 Å². The predicted octanol–water partition coefficient (Wildman–Crippen LogP) is -0.275. The smallest absolute Gasteiger partial charge is 0.150 e. The summed E-state index contributed by atoms with van der Waals surface area (Å²) in [7, 11) is 1.61. The molecule has 0 bridgehead atoms. The highest BCUT2D eigenvalue weighted by Gasteiger charge is 1.92. The van der Waals surface area contributed by atoms with Crippen molar-refractivity contribution >= 4 is 6.29 Å². The number of rotatable bonds is 3. The lowest BCUT2D eigenvalue weighted by molar-refractivity contribution is -0.120. The summed E-state index contributed by atoms with van der Waals surface area (Å²) in [5.74, 6) is 0. The molecule has 0 heterocycles. The van der Waals surface area contributed by atoms with Crippen molar-refractivity contribution < 1.29 is 9.63 Å². The molecule has 0 radical (unpaired) electrons. The molecule has 0 aliphatic heterocycles. The van der Waals surface area contributed by atoms with Crippen LogP contribution in [0.3, 0.4) is 0 Å². The van der Waals surface area contributed by atoms with E-state index in [0.29, 0.717) is 0 Å². The predicted molar refractivity (Wildman–Crippen MR) is 25.7 cm³/mol. The molecule has 0 amide bonds. The Morgan fingerprint density at radius 2 is 2.43 bits per heavy atom. The molecule has 0 aromatic heterocycles. The van der Waals surface area contributed by atoms with Crippen molar-refractivity contribution in [3.8, 4) is 0 Å². The SMILES string of the molecule is CNO[C@H](C)C=O. The normalized spacial score (nSPS) is 13.4. The highest BCUT2D eigenvalue weighted by molar-refractivity contribution is 5.54. The third-order valence-corrected chi connectivity index (χ3v) is 0.495. The molecular formula is C4H9NO2. The molecule has 0 aliphatic carbocycles. The van der Waals surface area contributed by atoms with Crippen LogP contribution in [-0.4, -0.2) is 19.4 Å². The van der Waals surface area contributed by atoms with Crippen LogP contribution in [0.1, 0.15) is 6.92 Å². The van der Waals surface area contributed by atoms with Gasteiger partial charge in [0, 0.05) is 7.05 Å². The fourth-order valence-electron chi connectivity index (χ4n) is 0.214. The first-order valence-corrected chi connectivity index (χ1v) is 2.09. The molecule has 42 valence electrons. The van der Waals surface area contributed by atoms with Gasteiger partial charge < -0.3 is 4.79 Å². The fraction of sp³-hybridized carbons (Fsp3) is 0.750. The zero-order valence-corrected chi connectivity index (χ0v) is 4.47. The minimum atomic E-state index is -0.343. The number of hydrogen-bond acceptors (Lipinski definition) is 3. The van der Waals surface area contributed by atoms with Crippen molar-refractivity contribution in [1.82, 2.24) is 5.48 Å². The molecule has 0 spiro atoms. The Morgan fingerprint density at radius 1 is 1.86 bits per heavy atom. The fourth-order valence-corrected chi connectivity index (χ4v) is 0.214. The second-order valence-corrected chi connectivity index (χ2v) is 1.16. The topological polar surface area (TPSA) is 38.3 Å². The van der Waals surface area contributed by atoms with E-state index in [1.165, 1.54) is 0 Å². The average molecular weight is 103 g/mol. The van der Waals surface area contributed by atoms with Crippen LogP contribution in [0.5, 0.6) is 0 Å². The Morgan fingerprint density at radius 3 is 2.57 bits per heavy atom. The van der Waals surface area contributed by atoms with Gasteiger partial charge in [0.15, 0.2) is 6.29 Å². The molecule has 1 atom stereocenters. The van der Waals surface area contributed by atoms with Crippen LogP contribution in [0.25, 0.3) is 0 Å². The number of carbonyl (C=O) groups excluding carboxylic acids is 1. The Labute approximate surface area is 42.6 Å². The van der Waals surface area contributed by atoms with Gasteiger partial charge in [0.05, 0.1) is 0 Å². The molecular weight excluding hydrogens is 94.0 g/mol. The van der Waals surface area contributed by atoms with Crippen LogP contribution < -0.4 is 5.48 Å². The Bertz CT molecular complexity index is 55.7. The summed E-state index contributed by atoms with van der Waals surface area (Å²) in [6.45, 7) is 1.66. The van der Waals surface area contributed by atoms with E-state index in [9.17, 15) is 4.79 Å². The van der Waals surface area contributed by atoms with E-state index < -0.39 is 0 Å². The Hall–Kier alpha value is -0.410. The molecule has 0 aromatic carbocycles. The van der Waals surface area contributed by atoms with E-state index in [4.69, 9.17) is 0 Å². The van der Waals surface area contributed by atoms with Gasteiger partial charge in [0.1, 0.15) is 6.10 Å². The lowest BCUT2D eigenvalue weighted by atomic mass is 10.5. The van der Waals surface area contributed by atoms with Crippen molar-refractivity contribution in [3.05, 3.63) is 0 Å². The standard InChI is InChI=1S/C4H9NO2/c1-4(3-6)7-5-2/h3-5H,1-2H3/t4-/m1/s1. The molecule has 0 aromatic rings. The van der Waals surface area contributed by atoms with E-state index in [1.54, 1.807) is 14.0 Å². The zero-order chi connectivity index (χ0) is 5.70. The maximum absolute atomic E-state index is 9.73. The molecule has 0 saturated heterocycles. The first-order chi connectivity index (χ1) is 3.31. The van der Waals surface area contributed by atoms with E-state index in [1.807, 2.05) is 0 Å². The van der Waals surface area contributed by atoms with Crippen LogP contribution in [0.2, 0.25) is 0 Å². The van der Waals surface area contributed by atoms with Gasteiger partial charge in [-0.1, -0.05) is 0 Å². The van der Waals surface area contributed by atoms with Gasteiger partial charge in [0.2, 0.25) is 0 Å². The highest BCUT2D eigenvalue weighted by Crippen LogP contribution is 1.75. The van der Waals surface area contributed by atoms with E-state index in [2.05, 4.69) is 10.3 Å². The number of nitrogens with one attached hydrogen (secondary N) is 1. The highest BCUT2D eigenvalue weighted by atomic mass is 16.7. The van der Waals surface area contributed by atoms with Crippen molar-refractivity contribution in [2.45, 2.75) is 13.0 Å². The summed E-state index contributed by atoms with van der Waals surface area (Å²) >= 11 is 0. The minimum Gasteiger partial charge on any atom is -0.300 e. The number of hydrogen-bond donors (Lipinski definition) is 1. The summed E-state index contributed by atoms with van der Waals surface area (Å²) in [5.41, 5.74) is 2.39. The molecule has 0 saturated carbocycles. The molecule has 3 heteroatoms. The maximum atomic E-state index is 9.73. The number of hydroxylamine groups is 1. The van der Waals surface area contributed by atoms with Crippen LogP contribution in [-0.2, 0) is 9.63 Å². The summed E-state index contributed by atoms with van der Waals surface area (Å²) in [6, 6.07) is 0. The first kappa shape index (κ1) is 6.59. The van der Waals surface area contributed by atoms with E-state index in [0.717, 1.165) is 6.29 Å². The van der Waals surface area contributed by atoms with E-state index >= 15 is 0 Å². The molecule has 0 unspecified atom stereocenters. The monoisotopic (exact) mass is 103 g/mol. The van der Waals surface area contributed by atoms with Crippen molar-refractivity contribution in [1.29, 1.82) is 0 Å². The number of carbonyl (C=O) groups is 1. The zero-order valence-electron chi connectivity index (χ0n) is 4.47. The second kappa shape index (κ2) is 3.77. The lowest BCUT2D eigenvalue weighted by Crippen LogP contribution is -2.18. The minimum absolute atomic E-state index is 0.343. The molecule has 7 heavy (non-hydrogen) atoms. The van der Waals surface area contributed by atoms with Crippen molar-refractivity contribution in [3.63, 3.8) is 0 Å². The van der Waals surface area contributed by atoms with Crippen molar-refractivity contribution in [2.75, 3.05) is 7.05 Å². The molecule has 0 aliphatic rings. The van der Waals surface area contributed by atoms with Gasteiger partial charge in [-0.15, -0.1) is 0 Å². The second-order valence-electron chi connectivity index (χ2n) is 1.16. The van der Waals surface area contributed by atoms with Crippen LogP contribution in [0.4, 0.5) is 0 Å². The largest absolute Gasteiger partial charge is 0.300 e. The summed E-state index contributed by atoms with van der Waals surface area (Å²) < 4.78 is 0. The van der Waals surface area contributed by atoms with Gasteiger partial charge in [-0.2, -0.15) is 0 Å². The maximum Gasteiger partial charge on any atom is 0.150 e. The summed E-state index contributed by atoms with van der Waals surface area (Å²) in [5, 5.41) is 0. The first-order valence-electron chi connectivity index (χ1n) is 2.09. The molecule has 0 rings (SSSR count). The lowest BCUT2D eigenvalue weighted by Gasteiger charge is -1.99. The molecule has 1 N–H and O–H groups in total. The third-order valence-electron chi connectivity index (χ3n) is 0.495. The quantitative estimate of drug-likeness (QED) is 0.394. The van der Waals surface area contributed by atoms with E-state index in [-0.39, 0.29) is 6.10 Å². The summed E-state index contributed by atoms with van der Waals surface area (Å²) in [4.78, 5) is 14.3. The van der Waals surface area contributed by atoms with Crippen LogP contribution in [0, 0.1) is 0 Å². The van der Waals surface area contributed by atoms with Gasteiger partial charge in [-0.3, -0.25) is 4.84 Å². The number of aldehydes is 1. The Kier molecular flexibility index (Phi) is 3.55. The van der Waals surface area contributed by atoms with Gasteiger partial charge in [-0.05, 0) is 6.92 Å². The van der Waals surface area contributed by atoms with Gasteiger partial charge in [0.25, 0.3) is 0 Å².